The van der Waals surface area contributed by atoms with Crippen molar-refractivity contribution in [2.45, 2.75) is 81.6 Å². The molecular formula is C40H52N4O17. The van der Waals surface area contributed by atoms with Gasteiger partial charge in [-0.3, -0.25) is 0 Å². The number of aliphatic hydroxyl groups is 6. The number of esters is 1. The van der Waals surface area contributed by atoms with E-state index >= 15 is 0 Å². The second kappa shape index (κ2) is 20.6. The van der Waals surface area contributed by atoms with E-state index in [1.165, 1.54) is 7.11 Å². The molecule has 0 aliphatic carbocycles. The van der Waals surface area contributed by atoms with Crippen LogP contribution in [0.5, 0.6) is 34.5 Å². The molecule has 3 aromatic carbocycles. The van der Waals surface area contributed by atoms with Crippen LogP contribution < -0.4 is 35.3 Å². The number of guanidine groups is 1. The smallest absolute Gasteiger partial charge is 0.344 e. The number of phenols is 2. The molecule has 2 heterocycles. The van der Waals surface area contributed by atoms with Gasteiger partial charge >= 0.3 is 11.9 Å². The first-order valence-electron chi connectivity index (χ1n) is 19.3. The van der Waals surface area contributed by atoms with Crippen LogP contribution in [0.3, 0.4) is 0 Å². The van der Waals surface area contributed by atoms with Crippen LogP contribution in [-0.4, -0.2) is 147 Å². The molecule has 0 amide bonds. The van der Waals surface area contributed by atoms with E-state index in [2.05, 4.69) is 15.6 Å². The number of nitrogens with two attached hydrogens (primary N) is 1. The number of rotatable bonds is 18. The van der Waals surface area contributed by atoms with Crippen molar-refractivity contribution in [1.82, 2.24) is 5.32 Å². The molecule has 0 unspecified atom stereocenters. The molecule has 21 nitrogen and oxygen atoms in total. The number of unbranched alkanes of at least 4 members (excludes halogenated alkanes) is 1. The van der Waals surface area contributed by atoms with Crippen LogP contribution in [0, 0.1) is 0 Å². The van der Waals surface area contributed by atoms with Crippen molar-refractivity contribution in [1.29, 1.82) is 0 Å². The molecule has 334 valence electrons. The molecule has 0 saturated carbocycles. The number of methoxy groups -OCH3 is 1. The van der Waals surface area contributed by atoms with Gasteiger partial charge in [0.15, 0.2) is 41.3 Å². The number of fused-ring (bicyclic) bond motifs is 1. The largest absolute Gasteiger partial charge is 0.504 e. The third-order valence-corrected chi connectivity index (χ3v) is 10.1. The predicted molar refractivity (Wildman–Crippen MR) is 213 cm³/mol. The number of anilines is 1. The van der Waals surface area contributed by atoms with Crippen LogP contribution in [0.1, 0.15) is 58.0 Å². The number of hydrogen-bond donors (Lipinski definition) is 12. The first-order chi connectivity index (χ1) is 29.2. The fourth-order valence-corrected chi connectivity index (χ4v) is 6.84. The number of aromatic hydroxyl groups is 2. The van der Waals surface area contributed by atoms with Gasteiger partial charge in [-0.25, -0.2) is 14.6 Å². The van der Waals surface area contributed by atoms with Gasteiger partial charge < -0.3 is 90.7 Å². The first kappa shape index (κ1) is 46.3. The average molecular weight is 861 g/mol. The van der Waals surface area contributed by atoms with Gasteiger partial charge in [-0.1, -0.05) is 30.3 Å². The topological polar surface area (TPSA) is 334 Å². The summed E-state index contributed by atoms with van der Waals surface area (Å²) in [5, 5.41) is 102. The second-order valence-corrected chi connectivity index (χ2v) is 14.3. The van der Waals surface area contributed by atoms with E-state index in [-0.39, 0.29) is 53.2 Å². The molecule has 7 atom stereocenters. The summed E-state index contributed by atoms with van der Waals surface area (Å²) in [6, 6.07) is 10.7. The summed E-state index contributed by atoms with van der Waals surface area (Å²) in [5.74, 6) is -5.75. The Morgan fingerprint density at radius 1 is 1.02 bits per heavy atom. The van der Waals surface area contributed by atoms with Crippen molar-refractivity contribution in [3.05, 3.63) is 64.7 Å². The summed E-state index contributed by atoms with van der Waals surface area (Å²) in [7, 11) is 1.18. The van der Waals surface area contributed by atoms with E-state index in [9.17, 15) is 50.4 Å². The van der Waals surface area contributed by atoms with Crippen molar-refractivity contribution in [3.63, 3.8) is 0 Å². The van der Waals surface area contributed by atoms with E-state index < -0.39 is 103 Å². The maximum atomic E-state index is 13.7. The summed E-state index contributed by atoms with van der Waals surface area (Å²) >= 11 is 0. The van der Waals surface area contributed by atoms with Crippen LogP contribution in [0.4, 0.5) is 5.69 Å². The maximum absolute atomic E-state index is 13.7. The fourth-order valence-electron chi connectivity index (χ4n) is 6.84. The fraction of sp³-hybridized carbons (Fsp3) is 0.475. The average Bonchev–Trinajstić information content (AvgIpc) is 3.23. The van der Waals surface area contributed by atoms with Crippen LogP contribution in [0.15, 0.2) is 47.5 Å². The lowest BCUT2D eigenvalue weighted by Gasteiger charge is -2.50. The van der Waals surface area contributed by atoms with Crippen LogP contribution in [0.25, 0.3) is 0 Å². The molecule has 1 spiro atoms. The Labute approximate surface area is 349 Å². The Morgan fingerprint density at radius 3 is 2.43 bits per heavy atom. The number of benzene rings is 3. The highest BCUT2D eigenvalue weighted by molar-refractivity contribution is 5.97. The zero-order chi connectivity index (χ0) is 44.4. The number of ether oxygens (including phenoxy) is 6. The van der Waals surface area contributed by atoms with Crippen LogP contribution >= 0.6 is 0 Å². The molecular weight excluding hydrogens is 808 g/mol. The molecule has 1 fully saturated rings. The van der Waals surface area contributed by atoms with E-state index in [1.54, 1.807) is 6.92 Å². The number of aromatic carboxylic acids is 1. The number of carbonyl (C=O) groups is 2. The van der Waals surface area contributed by atoms with Crippen LogP contribution in [-0.2, 0) is 22.3 Å². The van der Waals surface area contributed by atoms with Crippen molar-refractivity contribution in [2.75, 3.05) is 45.5 Å². The molecule has 21 heteroatoms. The summed E-state index contributed by atoms with van der Waals surface area (Å²) in [6.45, 7) is 0.986. The molecule has 3 aromatic rings. The first-order valence-corrected chi connectivity index (χ1v) is 19.3. The SMILES string of the molecule is COc1c(O)c(OCCc2ccccc2)c(O)c2c1CC[C@@]1(O[C@@H](Oc3cc(N[C@H](C)CO)c(C(=O)O)cc3OCN=C(N)NCCCCO)[C@H](O)[C@@H](O)[C@@H]1O)[C@H](O)OC2=O. The maximum Gasteiger partial charge on any atom is 0.344 e. The number of hydrogen-bond acceptors (Lipinski definition) is 18. The van der Waals surface area contributed by atoms with E-state index in [0.29, 0.717) is 25.8 Å². The number of carbonyl (C=O) groups excluding carboxylic acids is 1. The lowest BCUT2D eigenvalue weighted by Crippen LogP contribution is -2.70. The Bertz CT molecular complexity index is 2020. The zero-order valence-corrected chi connectivity index (χ0v) is 33.4. The molecule has 0 aromatic heterocycles. The minimum atomic E-state index is -2.48. The molecule has 2 aliphatic rings. The standard InChI is InChI=1S/C40H52N4O17/c1-20(18-46)44-24-17-26(25(16-23(24)35(52)53)58-19-43-39(41)42-13-6-7-14-45)59-37-30(49)29(48)34(51)40(61-37)12-10-22-27(36(54)60-38(40)55)28(47)33(31(50)32(22)56-2)57-15-11-21-8-4-3-5-9-21/h3-5,8-9,16-17,20,29-30,34,37-38,44-51,55H,6-7,10-15,18-19H2,1-2H3,(H,52,53)(H3,41,42,43)/t20-,29-,30-,34+,37-,38-,40+/m1/s1. The van der Waals surface area contributed by atoms with Gasteiger partial charge in [-0.2, -0.15) is 0 Å². The monoisotopic (exact) mass is 860 g/mol. The van der Waals surface area contributed by atoms with Crippen LogP contribution in [0.2, 0.25) is 0 Å². The Morgan fingerprint density at radius 2 is 1.75 bits per heavy atom. The number of nitrogens with zero attached hydrogens (tertiary/aromatic N) is 1. The van der Waals surface area contributed by atoms with Crippen molar-refractivity contribution < 1.29 is 84.0 Å². The van der Waals surface area contributed by atoms with Crippen molar-refractivity contribution in [3.8, 4) is 34.5 Å². The van der Waals surface area contributed by atoms with Gasteiger partial charge in [0.05, 0.1) is 31.6 Å². The normalized spacial score (nSPS) is 23.2. The minimum absolute atomic E-state index is 0.0102. The summed E-state index contributed by atoms with van der Waals surface area (Å²) < 4.78 is 34.3. The van der Waals surface area contributed by atoms with Gasteiger partial charge in [-0.05, 0) is 38.2 Å². The molecule has 5 rings (SSSR count). The predicted octanol–water partition coefficient (Wildman–Crippen LogP) is -0.0899. The number of aliphatic hydroxyl groups excluding tert-OH is 6. The van der Waals surface area contributed by atoms with E-state index in [0.717, 1.165) is 17.7 Å². The van der Waals surface area contributed by atoms with E-state index in [1.807, 2.05) is 30.3 Å². The summed E-state index contributed by atoms with van der Waals surface area (Å²) in [6.07, 6.45) is -10.3. The quantitative estimate of drug-likeness (QED) is 0.0344. The summed E-state index contributed by atoms with van der Waals surface area (Å²) in [5.41, 5.74) is 3.20. The molecule has 2 aliphatic heterocycles. The van der Waals surface area contributed by atoms with Crippen molar-refractivity contribution in [2.24, 2.45) is 10.7 Å². The van der Waals surface area contributed by atoms with Gasteiger partial charge in [0.1, 0.15) is 23.9 Å². The molecule has 0 radical (unpaired) electrons. The third kappa shape index (κ3) is 10.4. The number of carboxylic acids is 1. The number of aliphatic imine (C=N–C) groups is 1. The van der Waals surface area contributed by atoms with Crippen molar-refractivity contribution >= 4 is 23.6 Å². The second-order valence-electron chi connectivity index (χ2n) is 14.3. The Kier molecular flexibility index (Phi) is 15.7. The number of phenolic OH excluding ortho intramolecular Hbond substituents is 2. The zero-order valence-electron chi connectivity index (χ0n) is 33.4. The number of nitrogens with one attached hydrogen (secondary N) is 2. The van der Waals surface area contributed by atoms with E-state index in [4.69, 9.17) is 39.3 Å². The highest BCUT2D eigenvalue weighted by Gasteiger charge is 2.60. The lowest BCUT2D eigenvalue weighted by molar-refractivity contribution is -0.357. The van der Waals surface area contributed by atoms with Gasteiger partial charge in [-0.15, -0.1) is 0 Å². The minimum Gasteiger partial charge on any atom is -0.504 e. The molecule has 61 heavy (non-hydrogen) atoms. The Balaban J connectivity index is 1.48. The summed E-state index contributed by atoms with van der Waals surface area (Å²) in [4.78, 5) is 30.1. The highest BCUT2D eigenvalue weighted by Crippen LogP contribution is 2.51. The van der Waals surface area contributed by atoms with Gasteiger partial charge in [0.25, 0.3) is 0 Å². The highest BCUT2D eigenvalue weighted by atomic mass is 16.7. The van der Waals surface area contributed by atoms with Gasteiger partial charge in [0, 0.05) is 43.3 Å². The van der Waals surface area contributed by atoms with Gasteiger partial charge in [0.2, 0.25) is 24.1 Å². The number of carboxylic acid groups (broad SMARTS) is 1. The number of cyclic esters (lactones) is 1. The molecule has 1 saturated heterocycles. The molecule has 13 N–H and O–H groups in total. The molecule has 0 bridgehead atoms. The lowest BCUT2D eigenvalue weighted by atomic mass is 9.80. The Hall–Kier alpha value is -5.81. The third-order valence-electron chi connectivity index (χ3n) is 10.1.